The summed E-state index contributed by atoms with van der Waals surface area (Å²) in [4.78, 5) is 21.5. The number of aliphatic hydroxyl groups is 1. The van der Waals surface area contributed by atoms with Crippen LogP contribution in [-0.4, -0.2) is 77.8 Å². The van der Waals surface area contributed by atoms with Crippen LogP contribution in [-0.2, 0) is 11.2 Å². The molecule has 5 rings (SSSR count). The van der Waals surface area contributed by atoms with Crippen LogP contribution >= 0.6 is 11.3 Å². The highest BCUT2D eigenvalue weighted by Gasteiger charge is 2.25. The fourth-order valence-electron chi connectivity index (χ4n) is 4.94. The van der Waals surface area contributed by atoms with E-state index in [4.69, 9.17) is 4.74 Å². The van der Waals surface area contributed by atoms with Crippen molar-refractivity contribution in [3.05, 3.63) is 58.6 Å². The highest BCUT2D eigenvalue weighted by Crippen LogP contribution is 2.30. The zero-order chi connectivity index (χ0) is 23.5. The van der Waals surface area contributed by atoms with E-state index in [0.29, 0.717) is 13.1 Å². The van der Waals surface area contributed by atoms with E-state index in [0.717, 1.165) is 60.0 Å². The molecule has 2 atom stereocenters. The largest absolute Gasteiger partial charge is 0.491 e. The number of aliphatic hydroxyl groups excluding tert-OH is 1. The number of fused-ring (bicyclic) bond motifs is 2. The topological polar surface area (TPSA) is 77.9 Å². The molecule has 1 saturated heterocycles. The zero-order valence-corrected chi connectivity index (χ0v) is 20.4. The van der Waals surface area contributed by atoms with Crippen LogP contribution in [0.4, 0.5) is 0 Å². The minimum Gasteiger partial charge on any atom is -0.491 e. The van der Waals surface area contributed by atoms with Crippen LogP contribution in [0.25, 0.3) is 10.2 Å². The van der Waals surface area contributed by atoms with Gasteiger partial charge in [-0.15, -0.1) is 11.3 Å². The first-order valence-electron chi connectivity index (χ1n) is 12.0. The fraction of sp³-hybridized carbons (Fsp3) is 0.462. The Morgan fingerprint density at radius 3 is 2.85 bits per heavy atom. The van der Waals surface area contributed by atoms with E-state index in [1.807, 2.05) is 31.2 Å². The molecule has 2 heterocycles. The van der Waals surface area contributed by atoms with Gasteiger partial charge < -0.3 is 15.2 Å². The number of piperazine rings is 1. The van der Waals surface area contributed by atoms with Gasteiger partial charge in [0.2, 0.25) is 5.91 Å². The van der Waals surface area contributed by atoms with Crippen LogP contribution in [0.2, 0.25) is 0 Å². The van der Waals surface area contributed by atoms with E-state index in [1.165, 1.54) is 11.1 Å². The van der Waals surface area contributed by atoms with Gasteiger partial charge >= 0.3 is 0 Å². The molecule has 0 bridgehead atoms. The molecule has 1 aliphatic heterocycles. The van der Waals surface area contributed by atoms with Gasteiger partial charge in [0.05, 0.1) is 27.8 Å². The lowest BCUT2D eigenvalue weighted by atomic mass is 10.1. The molecule has 1 aromatic heterocycles. The normalized spacial score (nSPS) is 19.8. The summed E-state index contributed by atoms with van der Waals surface area (Å²) in [5, 5.41) is 14.7. The van der Waals surface area contributed by atoms with Gasteiger partial charge in [-0.2, -0.15) is 0 Å². The van der Waals surface area contributed by atoms with E-state index in [2.05, 4.69) is 38.3 Å². The molecule has 1 fully saturated rings. The van der Waals surface area contributed by atoms with Crippen molar-refractivity contribution in [2.45, 2.75) is 31.9 Å². The Bertz CT molecular complexity index is 1140. The molecule has 0 spiro atoms. The summed E-state index contributed by atoms with van der Waals surface area (Å²) in [7, 11) is 0. The molecular weight excluding hydrogens is 448 g/mol. The van der Waals surface area contributed by atoms with Crippen LogP contribution in [0.1, 0.15) is 28.6 Å². The second-order valence-electron chi connectivity index (χ2n) is 9.26. The predicted octanol–water partition coefficient (Wildman–Crippen LogP) is 2.77. The van der Waals surface area contributed by atoms with Crippen LogP contribution in [0, 0.1) is 6.92 Å². The number of benzene rings is 2. The average molecular weight is 481 g/mol. The third-order valence-electron chi connectivity index (χ3n) is 6.68. The first kappa shape index (κ1) is 23.2. The number of amides is 1. The third kappa shape index (κ3) is 5.58. The molecule has 1 aliphatic carbocycles. The number of nitrogens with zero attached hydrogens (tertiary/aromatic N) is 3. The smallest absolute Gasteiger partial charge is 0.234 e. The van der Waals surface area contributed by atoms with E-state index in [-0.39, 0.29) is 18.6 Å². The van der Waals surface area contributed by atoms with Gasteiger partial charge in [-0.1, -0.05) is 24.3 Å². The molecule has 2 aliphatic rings. The Balaban J connectivity index is 1.02. The van der Waals surface area contributed by atoms with E-state index < -0.39 is 6.10 Å². The van der Waals surface area contributed by atoms with Crippen molar-refractivity contribution < 1.29 is 14.6 Å². The molecule has 0 unspecified atom stereocenters. The molecule has 0 radical (unpaired) electrons. The minimum atomic E-state index is -0.565. The molecular formula is C26H32N4O3S. The van der Waals surface area contributed by atoms with Crippen LogP contribution in [0.5, 0.6) is 5.75 Å². The number of hydrogen-bond acceptors (Lipinski definition) is 7. The number of hydrogen-bond donors (Lipinski definition) is 2. The quantitative estimate of drug-likeness (QED) is 0.516. The molecule has 1 amide bonds. The van der Waals surface area contributed by atoms with Gasteiger partial charge in [-0.3, -0.25) is 14.6 Å². The van der Waals surface area contributed by atoms with Crippen molar-refractivity contribution in [2.24, 2.45) is 0 Å². The summed E-state index contributed by atoms with van der Waals surface area (Å²) < 4.78 is 6.96. The van der Waals surface area contributed by atoms with Crippen molar-refractivity contribution in [3.63, 3.8) is 0 Å². The van der Waals surface area contributed by atoms with Gasteiger partial charge in [0.25, 0.3) is 0 Å². The number of nitrogens with one attached hydrogen (secondary N) is 1. The Morgan fingerprint density at radius 2 is 2.00 bits per heavy atom. The van der Waals surface area contributed by atoms with Crippen molar-refractivity contribution in [3.8, 4) is 5.75 Å². The van der Waals surface area contributed by atoms with Crippen molar-refractivity contribution in [2.75, 3.05) is 45.9 Å². The highest BCUT2D eigenvalue weighted by atomic mass is 32.1. The number of aryl methyl sites for hydroxylation is 2. The Kier molecular flexibility index (Phi) is 7.10. The van der Waals surface area contributed by atoms with Crippen molar-refractivity contribution in [1.82, 2.24) is 20.1 Å². The van der Waals surface area contributed by atoms with E-state index in [1.54, 1.807) is 11.3 Å². The maximum Gasteiger partial charge on any atom is 0.234 e. The molecule has 0 saturated carbocycles. The lowest BCUT2D eigenvalue weighted by Crippen LogP contribution is -2.51. The fourth-order valence-corrected chi connectivity index (χ4v) is 5.74. The Hall–Kier alpha value is -2.52. The summed E-state index contributed by atoms with van der Waals surface area (Å²) in [6.45, 7) is 6.55. The number of aromatic nitrogens is 1. The summed E-state index contributed by atoms with van der Waals surface area (Å²) in [5.74, 6) is 0.827. The SMILES string of the molecule is Cc1nc2cc(OC[C@H](O)CN3CCN(CC(=O)N[C@H]4CCc5ccccc54)CC3)ccc2s1. The number of carbonyl (C=O) groups is 1. The predicted molar refractivity (Wildman–Crippen MR) is 134 cm³/mol. The number of β-amino-alcohol motifs (C(OH)–C–C–N with tert-alkyl or cyclic N) is 1. The molecule has 8 heteroatoms. The molecule has 2 N–H and O–H groups in total. The van der Waals surface area contributed by atoms with Crippen molar-refractivity contribution >= 4 is 27.5 Å². The third-order valence-corrected chi connectivity index (χ3v) is 7.63. The summed E-state index contributed by atoms with van der Waals surface area (Å²) in [5.41, 5.74) is 3.55. The molecule has 34 heavy (non-hydrogen) atoms. The van der Waals surface area contributed by atoms with Gasteiger partial charge in [0.15, 0.2) is 0 Å². The number of thiazole rings is 1. The molecule has 2 aromatic carbocycles. The summed E-state index contributed by atoms with van der Waals surface area (Å²) in [6.07, 6.45) is 1.45. The Labute approximate surface area is 204 Å². The second-order valence-corrected chi connectivity index (χ2v) is 10.5. The number of carbonyl (C=O) groups excluding carboxylic acids is 1. The van der Waals surface area contributed by atoms with Gasteiger partial charge in [-0.25, -0.2) is 4.98 Å². The zero-order valence-electron chi connectivity index (χ0n) is 19.6. The van der Waals surface area contributed by atoms with Gasteiger partial charge in [0.1, 0.15) is 18.5 Å². The number of rotatable bonds is 8. The lowest BCUT2D eigenvalue weighted by Gasteiger charge is -2.35. The Morgan fingerprint density at radius 1 is 1.21 bits per heavy atom. The van der Waals surface area contributed by atoms with Gasteiger partial charge in [0, 0.05) is 38.8 Å². The summed E-state index contributed by atoms with van der Waals surface area (Å²) in [6, 6.07) is 14.4. The van der Waals surface area contributed by atoms with Crippen LogP contribution in [0.15, 0.2) is 42.5 Å². The van der Waals surface area contributed by atoms with Crippen LogP contribution in [0.3, 0.4) is 0 Å². The lowest BCUT2D eigenvalue weighted by molar-refractivity contribution is -0.123. The maximum atomic E-state index is 12.6. The molecule has 180 valence electrons. The van der Waals surface area contributed by atoms with E-state index >= 15 is 0 Å². The maximum absolute atomic E-state index is 12.6. The molecule has 3 aromatic rings. The second kappa shape index (κ2) is 10.4. The highest BCUT2D eigenvalue weighted by molar-refractivity contribution is 7.18. The summed E-state index contributed by atoms with van der Waals surface area (Å²) >= 11 is 1.67. The first-order chi connectivity index (χ1) is 16.5. The molecule has 7 nitrogen and oxygen atoms in total. The average Bonchev–Trinajstić information content (AvgIpc) is 3.41. The standard InChI is InChI=1S/C26H32N4O3S/c1-18-27-24-14-21(7-9-25(24)34-18)33-17-20(31)15-29-10-12-30(13-11-29)16-26(32)28-23-8-6-19-4-2-3-5-22(19)23/h2-5,7,9,14,20,23,31H,6,8,10-13,15-17H2,1H3,(H,28,32)/t20-,23+/m1/s1. The first-order valence-corrected chi connectivity index (χ1v) is 12.8. The van der Waals surface area contributed by atoms with Crippen LogP contribution < -0.4 is 10.1 Å². The van der Waals surface area contributed by atoms with Crippen molar-refractivity contribution in [1.29, 1.82) is 0 Å². The number of ether oxygens (including phenoxy) is 1. The van der Waals surface area contributed by atoms with Gasteiger partial charge in [-0.05, 0) is 43.0 Å². The monoisotopic (exact) mass is 480 g/mol. The minimum absolute atomic E-state index is 0.0934. The van der Waals surface area contributed by atoms with E-state index in [9.17, 15) is 9.90 Å².